The van der Waals surface area contributed by atoms with E-state index < -0.39 is 76.9 Å². The van der Waals surface area contributed by atoms with Crippen molar-refractivity contribution >= 4 is 61.9 Å². The highest BCUT2D eigenvalue weighted by Gasteiger charge is 2.48. The summed E-state index contributed by atoms with van der Waals surface area (Å²) in [4.78, 5) is 51.2. The van der Waals surface area contributed by atoms with E-state index >= 15 is 0 Å². The number of allylic oxidation sites excluding steroid dienone is 2. The van der Waals surface area contributed by atoms with Gasteiger partial charge in [-0.05, 0) is 50.8 Å². The predicted octanol–water partition coefficient (Wildman–Crippen LogP) is 7.70. The maximum absolute atomic E-state index is 14.6. The summed E-state index contributed by atoms with van der Waals surface area (Å²) in [6.07, 6.45) is 10.4. The van der Waals surface area contributed by atoms with Crippen LogP contribution in [0.5, 0.6) is 11.5 Å². The minimum Gasteiger partial charge on any atom is -0.505 e. The van der Waals surface area contributed by atoms with Crippen LogP contribution in [0.25, 0.3) is 33.0 Å². The molecule has 1 amide bonds. The molecule has 3 aliphatic heterocycles. The highest BCUT2D eigenvalue weighted by Crippen LogP contribution is 2.49. The standard InChI is InChI=1S/C54H69N5O12/c1-28-14-13-15-29(2)53(65)56-44-48(64)41-40(43-51(44)70-39-26-36(18-19-37(39)55-43)59-23-21-58(22-24-59)27-35-16-11-10-12-17-35)42-50(33(6)47(41)63)71-54(8,52(42)57-66)68-25-20-38(67-9)30(3)49(69-34(7)60)32(5)46(62)31(4)45(28)61/h13-15,18-20,25-26,28,30-32,35,38,45-46,49,61-62,64,66H,10-12,16-17,21-24,27H2,1-9H3,(H,56,65)/b14-13+,25-20+,29-15-,57-52-/t28-,30+,31+,32+,38-,45-,46+,49+,54-/m0/s1. The van der Waals surface area contributed by atoms with Gasteiger partial charge < -0.3 is 54.1 Å². The molecule has 17 nitrogen and oxygen atoms in total. The molecule has 0 unspecified atom stereocenters. The first-order chi connectivity index (χ1) is 33.9. The number of oxime groups is 1. The number of hydrogen-bond acceptors (Lipinski definition) is 16. The topological polar surface area (TPSA) is 226 Å². The molecular formula is C54H69N5O12. The second-order valence-electron chi connectivity index (χ2n) is 20.3. The van der Waals surface area contributed by atoms with E-state index in [4.69, 9.17) is 28.3 Å². The minimum absolute atomic E-state index is 0.0135. The first kappa shape index (κ1) is 51.3. The van der Waals surface area contributed by atoms with Gasteiger partial charge in [0.15, 0.2) is 28.1 Å². The van der Waals surface area contributed by atoms with Gasteiger partial charge in [0.25, 0.3) is 11.7 Å². The van der Waals surface area contributed by atoms with Crippen LogP contribution < -0.4 is 20.4 Å². The van der Waals surface area contributed by atoms with Gasteiger partial charge in [0.1, 0.15) is 28.6 Å². The second-order valence-corrected chi connectivity index (χ2v) is 20.3. The Hall–Kier alpha value is -6.01. The Morgan fingerprint density at radius 3 is 2.37 bits per heavy atom. The number of carbonyl (C=O) groups is 2. The molecule has 4 bridgehead atoms. The zero-order chi connectivity index (χ0) is 51.1. The van der Waals surface area contributed by atoms with Crippen molar-refractivity contribution in [3.8, 4) is 11.5 Å². The van der Waals surface area contributed by atoms with Crippen molar-refractivity contribution < 1.29 is 53.5 Å². The molecule has 3 aromatic carbocycles. The van der Waals surface area contributed by atoms with Gasteiger partial charge in [-0.3, -0.25) is 19.3 Å². The number of benzene rings is 3. The molecule has 4 aliphatic rings. The third kappa shape index (κ3) is 9.98. The fraction of sp³-hybridized carbons (Fsp3) is 0.537. The highest BCUT2D eigenvalue weighted by atomic mass is 16.7. The number of aromatic hydroxyl groups is 1. The number of carbonyl (C=O) groups excluding carboxylic acids is 2. The molecule has 1 aliphatic carbocycles. The van der Waals surface area contributed by atoms with Crippen LogP contribution in [0.15, 0.2) is 68.7 Å². The number of nitrogens with zero attached hydrogens (tertiary/aromatic N) is 4. The number of rotatable bonds is 5. The number of amides is 1. The number of phenols is 1. The molecule has 8 rings (SSSR count). The number of nitrogens with one attached hydrogen (secondary N) is 1. The Bertz CT molecular complexity index is 2860. The molecule has 1 saturated heterocycles. The molecule has 17 heteroatoms. The van der Waals surface area contributed by atoms with Crippen molar-refractivity contribution in [3.05, 3.63) is 75.7 Å². The Morgan fingerprint density at radius 2 is 1.69 bits per heavy atom. The van der Waals surface area contributed by atoms with E-state index in [0.29, 0.717) is 11.1 Å². The summed E-state index contributed by atoms with van der Waals surface area (Å²) in [7, 11) is 1.47. The molecule has 2 fully saturated rings. The molecule has 5 N–H and O–H groups in total. The van der Waals surface area contributed by atoms with Gasteiger partial charge >= 0.3 is 5.97 Å². The van der Waals surface area contributed by atoms with Gasteiger partial charge in [0.2, 0.25) is 0 Å². The third-order valence-corrected chi connectivity index (χ3v) is 15.4. The number of aliphatic hydroxyl groups excluding tert-OH is 2. The third-order valence-electron chi connectivity index (χ3n) is 15.4. The largest absolute Gasteiger partial charge is 0.505 e. The maximum Gasteiger partial charge on any atom is 0.302 e. The minimum atomic E-state index is -1.89. The van der Waals surface area contributed by atoms with Gasteiger partial charge in [0.05, 0.1) is 35.5 Å². The van der Waals surface area contributed by atoms with Gasteiger partial charge in [-0.25, -0.2) is 4.98 Å². The number of fused-ring (bicyclic) bond motifs is 2. The zero-order valence-electron chi connectivity index (χ0n) is 42.2. The summed E-state index contributed by atoms with van der Waals surface area (Å²) in [5.74, 6) is -5.40. The van der Waals surface area contributed by atoms with Gasteiger partial charge in [-0.2, -0.15) is 0 Å². The second kappa shape index (κ2) is 21.0. The molecule has 0 radical (unpaired) electrons. The maximum atomic E-state index is 14.6. The average molecular weight is 980 g/mol. The van der Waals surface area contributed by atoms with Crippen molar-refractivity contribution in [3.63, 3.8) is 0 Å². The number of aromatic nitrogens is 1. The predicted molar refractivity (Wildman–Crippen MR) is 271 cm³/mol. The Balaban J connectivity index is 1.27. The quantitative estimate of drug-likeness (QED) is 0.0323. The number of esters is 1. The molecule has 4 heterocycles. The number of hydrogen-bond donors (Lipinski definition) is 5. The Labute approximate surface area is 413 Å². The smallest absolute Gasteiger partial charge is 0.302 e. The van der Waals surface area contributed by atoms with Crippen LogP contribution in [-0.4, -0.2) is 118 Å². The fourth-order valence-electron chi connectivity index (χ4n) is 11.1. The molecular weight excluding hydrogens is 911 g/mol. The zero-order valence-corrected chi connectivity index (χ0v) is 42.2. The summed E-state index contributed by atoms with van der Waals surface area (Å²) in [5.41, 5.74) is 1.04. The van der Waals surface area contributed by atoms with Gasteiger partial charge in [-0.1, -0.05) is 70.3 Å². The first-order valence-electron chi connectivity index (χ1n) is 24.9. The number of piperazine rings is 1. The van der Waals surface area contributed by atoms with Crippen molar-refractivity contribution in [1.82, 2.24) is 9.88 Å². The van der Waals surface area contributed by atoms with Crippen LogP contribution in [0.4, 0.5) is 11.4 Å². The number of anilines is 2. The van der Waals surface area contributed by atoms with Gasteiger partial charge in [0, 0.05) is 106 Å². The molecule has 9 atom stereocenters. The molecule has 382 valence electrons. The molecule has 1 aromatic heterocycles. The Morgan fingerprint density at radius 1 is 0.972 bits per heavy atom. The van der Waals surface area contributed by atoms with Crippen molar-refractivity contribution in [2.45, 2.75) is 118 Å². The monoisotopic (exact) mass is 979 g/mol. The van der Waals surface area contributed by atoms with Crippen LogP contribution in [0.2, 0.25) is 0 Å². The van der Waals surface area contributed by atoms with Crippen LogP contribution in [0.3, 0.4) is 0 Å². The van der Waals surface area contributed by atoms with Crippen LogP contribution in [0, 0.1) is 36.5 Å². The average Bonchev–Trinajstić information content (AvgIpc) is 3.66. The normalized spacial score (nSPS) is 30.8. The van der Waals surface area contributed by atoms with E-state index in [2.05, 4.69) is 20.3 Å². The number of phenolic OH excluding ortho intramolecular Hbond substituents is 1. The van der Waals surface area contributed by atoms with Crippen LogP contribution in [0.1, 0.15) is 91.7 Å². The Kier molecular flexibility index (Phi) is 15.2. The van der Waals surface area contributed by atoms with Crippen LogP contribution in [-0.2, 0) is 23.8 Å². The van der Waals surface area contributed by atoms with Crippen molar-refractivity contribution in [2.75, 3.05) is 50.1 Å². The van der Waals surface area contributed by atoms with E-state index in [1.54, 1.807) is 58.9 Å². The summed E-state index contributed by atoms with van der Waals surface area (Å²) in [6.45, 7) is 17.5. The number of ether oxygens (including phenoxy) is 4. The lowest BCUT2D eigenvalue weighted by Gasteiger charge is -2.38. The number of aliphatic hydroxyl groups is 2. The summed E-state index contributed by atoms with van der Waals surface area (Å²) >= 11 is 0. The SMILES string of the molecule is CO[C@H]1/C=C/O[C@@]2(C)Oc3c(C)c(=O)c4c(O)c(c5oc6cc(N7CCN(CC8CCCCC8)CC7)ccc6nc5c4c3/C2=N/O)NC(=O)/C(C)=C\C=C\[C@H](C)[C@H](O)[C@@H](C)[C@@H](O)[C@@H](C)[C@H](OC(C)=O)[C@@H]1C. The lowest BCUT2D eigenvalue weighted by Crippen LogP contribution is -2.48. The summed E-state index contributed by atoms with van der Waals surface area (Å²) < 4.78 is 31.1. The van der Waals surface area contributed by atoms with Gasteiger partial charge in [-0.15, -0.1) is 0 Å². The fourth-order valence-corrected chi connectivity index (χ4v) is 11.1. The molecule has 4 aromatic rings. The van der Waals surface area contributed by atoms with E-state index in [1.165, 1.54) is 66.2 Å². The van der Waals surface area contributed by atoms with Crippen LogP contribution >= 0.6 is 0 Å². The molecule has 71 heavy (non-hydrogen) atoms. The summed E-state index contributed by atoms with van der Waals surface area (Å²) in [6, 6.07) is 5.70. The highest BCUT2D eigenvalue weighted by molar-refractivity contribution is 6.27. The van der Waals surface area contributed by atoms with E-state index in [1.807, 2.05) is 18.2 Å². The lowest BCUT2D eigenvalue weighted by molar-refractivity contribution is -0.160. The molecule has 1 saturated carbocycles. The summed E-state index contributed by atoms with van der Waals surface area (Å²) in [5, 5.41) is 52.7. The van der Waals surface area contributed by atoms with Crippen molar-refractivity contribution in [1.29, 1.82) is 0 Å². The first-order valence-corrected chi connectivity index (χ1v) is 24.9. The van der Waals surface area contributed by atoms with Crippen molar-refractivity contribution in [2.24, 2.45) is 34.7 Å². The van der Waals surface area contributed by atoms with E-state index in [9.17, 15) is 34.9 Å². The van der Waals surface area contributed by atoms with E-state index in [-0.39, 0.29) is 55.7 Å². The lowest BCUT2D eigenvalue weighted by atomic mass is 9.78. The van der Waals surface area contributed by atoms with E-state index in [0.717, 1.165) is 44.3 Å². The number of methoxy groups -OCH3 is 1. The molecule has 0 spiro atoms.